The first-order valence-corrected chi connectivity index (χ1v) is 4.73. The summed E-state index contributed by atoms with van der Waals surface area (Å²) < 4.78 is 5.56. The molecule has 2 heterocycles. The Hall–Kier alpha value is -0.610. The SMILES string of the molecule is O=C(O)C(O)CC1CC2CCC1O2. The zero-order valence-electron chi connectivity index (χ0n) is 7.35. The molecule has 2 bridgehead atoms. The van der Waals surface area contributed by atoms with Crippen molar-refractivity contribution in [2.45, 2.75) is 44.0 Å². The maximum Gasteiger partial charge on any atom is 0.332 e. The van der Waals surface area contributed by atoms with E-state index in [4.69, 9.17) is 14.9 Å². The number of aliphatic carboxylic acids is 1. The van der Waals surface area contributed by atoms with Gasteiger partial charge in [0.15, 0.2) is 6.10 Å². The summed E-state index contributed by atoms with van der Waals surface area (Å²) >= 11 is 0. The highest BCUT2D eigenvalue weighted by Crippen LogP contribution is 2.40. The van der Waals surface area contributed by atoms with Crippen LogP contribution in [0.15, 0.2) is 0 Å². The summed E-state index contributed by atoms with van der Waals surface area (Å²) in [5.41, 5.74) is 0. The molecule has 0 amide bonds. The highest BCUT2D eigenvalue weighted by molar-refractivity contribution is 5.71. The fourth-order valence-electron chi connectivity index (χ4n) is 2.38. The molecule has 74 valence electrons. The Morgan fingerprint density at radius 3 is 2.77 bits per heavy atom. The minimum atomic E-state index is -1.21. The van der Waals surface area contributed by atoms with Crippen LogP contribution < -0.4 is 0 Å². The monoisotopic (exact) mass is 186 g/mol. The second-order valence-electron chi connectivity index (χ2n) is 3.96. The average molecular weight is 186 g/mol. The van der Waals surface area contributed by atoms with Crippen LogP contribution in [0, 0.1) is 5.92 Å². The molecule has 0 aromatic carbocycles. The van der Waals surface area contributed by atoms with Crippen LogP contribution in [0.2, 0.25) is 0 Å². The topological polar surface area (TPSA) is 66.8 Å². The van der Waals surface area contributed by atoms with Gasteiger partial charge in [-0.3, -0.25) is 0 Å². The molecule has 2 fully saturated rings. The van der Waals surface area contributed by atoms with Gasteiger partial charge in [0, 0.05) is 0 Å². The van der Waals surface area contributed by atoms with Crippen molar-refractivity contribution >= 4 is 5.97 Å². The van der Waals surface area contributed by atoms with E-state index in [0.717, 1.165) is 19.3 Å². The van der Waals surface area contributed by atoms with Crippen molar-refractivity contribution in [1.82, 2.24) is 0 Å². The lowest BCUT2D eigenvalue weighted by atomic mass is 9.85. The molecule has 4 atom stereocenters. The predicted octanol–water partition coefficient (Wildman–Crippen LogP) is 0.389. The Morgan fingerprint density at radius 2 is 2.31 bits per heavy atom. The number of ether oxygens (including phenoxy) is 1. The van der Waals surface area contributed by atoms with E-state index in [0.29, 0.717) is 12.5 Å². The van der Waals surface area contributed by atoms with Crippen molar-refractivity contribution in [3.05, 3.63) is 0 Å². The van der Waals surface area contributed by atoms with E-state index in [2.05, 4.69) is 0 Å². The zero-order chi connectivity index (χ0) is 9.42. The molecule has 2 aliphatic rings. The van der Waals surface area contributed by atoms with E-state index in [-0.39, 0.29) is 12.0 Å². The molecule has 0 saturated carbocycles. The van der Waals surface area contributed by atoms with Gasteiger partial charge in [-0.1, -0.05) is 0 Å². The molecule has 2 N–H and O–H groups in total. The minimum absolute atomic E-state index is 0.207. The van der Waals surface area contributed by atoms with E-state index in [1.54, 1.807) is 0 Å². The summed E-state index contributed by atoms with van der Waals surface area (Å²) in [5, 5.41) is 17.7. The number of aliphatic hydroxyl groups is 1. The lowest BCUT2D eigenvalue weighted by Gasteiger charge is -2.19. The molecule has 2 aliphatic heterocycles. The maximum absolute atomic E-state index is 10.4. The smallest absolute Gasteiger partial charge is 0.332 e. The van der Waals surface area contributed by atoms with Crippen molar-refractivity contribution in [3.63, 3.8) is 0 Å². The number of carboxylic acids is 1. The molecule has 0 aromatic heterocycles. The van der Waals surface area contributed by atoms with Crippen LogP contribution >= 0.6 is 0 Å². The van der Waals surface area contributed by atoms with E-state index < -0.39 is 12.1 Å². The van der Waals surface area contributed by atoms with Gasteiger partial charge in [-0.25, -0.2) is 4.79 Å². The molecular weight excluding hydrogens is 172 g/mol. The van der Waals surface area contributed by atoms with Gasteiger partial charge in [0.05, 0.1) is 12.2 Å². The number of aliphatic hydroxyl groups excluding tert-OH is 1. The minimum Gasteiger partial charge on any atom is -0.479 e. The van der Waals surface area contributed by atoms with Crippen LogP contribution in [0.3, 0.4) is 0 Å². The number of hydrogen-bond donors (Lipinski definition) is 2. The molecule has 13 heavy (non-hydrogen) atoms. The van der Waals surface area contributed by atoms with Gasteiger partial charge >= 0.3 is 5.97 Å². The van der Waals surface area contributed by atoms with Gasteiger partial charge in [-0.2, -0.15) is 0 Å². The normalized spacial score (nSPS) is 39.3. The number of rotatable bonds is 3. The summed E-state index contributed by atoms with van der Waals surface area (Å²) in [6, 6.07) is 0. The van der Waals surface area contributed by atoms with Gasteiger partial charge in [0.25, 0.3) is 0 Å². The van der Waals surface area contributed by atoms with Crippen LogP contribution in [0.1, 0.15) is 25.7 Å². The van der Waals surface area contributed by atoms with Crippen molar-refractivity contribution in [2.24, 2.45) is 5.92 Å². The Kier molecular flexibility index (Phi) is 2.26. The van der Waals surface area contributed by atoms with Crippen LogP contribution in [0.5, 0.6) is 0 Å². The molecule has 2 rings (SSSR count). The van der Waals surface area contributed by atoms with Crippen molar-refractivity contribution in [2.75, 3.05) is 0 Å². The van der Waals surface area contributed by atoms with E-state index in [9.17, 15) is 4.79 Å². The predicted molar refractivity (Wildman–Crippen MR) is 44.3 cm³/mol. The Balaban J connectivity index is 1.86. The van der Waals surface area contributed by atoms with Crippen LogP contribution in [0.4, 0.5) is 0 Å². The summed E-state index contributed by atoms with van der Waals surface area (Å²) in [5.74, 6) is -0.868. The van der Waals surface area contributed by atoms with Gasteiger partial charge in [-0.15, -0.1) is 0 Å². The second kappa shape index (κ2) is 3.27. The number of carboxylic acid groups (broad SMARTS) is 1. The molecule has 2 saturated heterocycles. The van der Waals surface area contributed by atoms with Crippen molar-refractivity contribution in [1.29, 1.82) is 0 Å². The van der Waals surface area contributed by atoms with E-state index in [1.807, 2.05) is 0 Å². The summed E-state index contributed by atoms with van der Waals surface area (Å²) in [4.78, 5) is 10.4. The third-order valence-corrected chi connectivity index (χ3v) is 3.04. The van der Waals surface area contributed by atoms with Crippen LogP contribution in [0.25, 0.3) is 0 Å². The summed E-state index contributed by atoms with van der Waals surface area (Å²) in [6.45, 7) is 0. The van der Waals surface area contributed by atoms with Gasteiger partial charge in [-0.05, 0) is 31.6 Å². The largest absolute Gasteiger partial charge is 0.479 e. The lowest BCUT2D eigenvalue weighted by Crippen LogP contribution is -2.27. The highest BCUT2D eigenvalue weighted by Gasteiger charge is 2.41. The zero-order valence-corrected chi connectivity index (χ0v) is 7.35. The highest BCUT2D eigenvalue weighted by atomic mass is 16.5. The van der Waals surface area contributed by atoms with Crippen molar-refractivity contribution in [3.8, 4) is 0 Å². The molecule has 0 spiro atoms. The third kappa shape index (κ3) is 1.69. The lowest BCUT2D eigenvalue weighted by molar-refractivity contribution is -0.147. The number of carbonyl (C=O) groups is 1. The first kappa shape index (κ1) is 8.97. The van der Waals surface area contributed by atoms with Gasteiger partial charge in [0.2, 0.25) is 0 Å². The summed E-state index contributed by atoms with van der Waals surface area (Å²) in [6.07, 6.45) is 2.72. The fourth-order valence-corrected chi connectivity index (χ4v) is 2.38. The van der Waals surface area contributed by atoms with Gasteiger partial charge < -0.3 is 14.9 Å². The summed E-state index contributed by atoms with van der Waals surface area (Å²) in [7, 11) is 0. The standard InChI is InChI=1S/C9H14O4/c10-7(9(11)12)4-5-3-6-1-2-8(5)13-6/h5-8,10H,1-4H2,(H,11,12). The molecule has 4 unspecified atom stereocenters. The first-order valence-electron chi connectivity index (χ1n) is 4.73. The third-order valence-electron chi connectivity index (χ3n) is 3.04. The first-order chi connectivity index (χ1) is 6.16. The Labute approximate surface area is 76.5 Å². The number of hydrogen-bond acceptors (Lipinski definition) is 3. The van der Waals surface area contributed by atoms with Crippen LogP contribution in [-0.4, -0.2) is 34.5 Å². The fraction of sp³-hybridized carbons (Fsp3) is 0.889. The Morgan fingerprint density at radius 1 is 1.54 bits per heavy atom. The average Bonchev–Trinajstić information content (AvgIpc) is 2.64. The molecule has 4 nitrogen and oxygen atoms in total. The Bertz CT molecular complexity index is 216. The number of fused-ring (bicyclic) bond motifs is 2. The van der Waals surface area contributed by atoms with Crippen LogP contribution in [-0.2, 0) is 9.53 Å². The molecular formula is C9H14O4. The van der Waals surface area contributed by atoms with E-state index >= 15 is 0 Å². The molecule has 0 aromatic rings. The quantitative estimate of drug-likeness (QED) is 0.669. The molecule has 0 radical (unpaired) electrons. The molecule has 4 heteroatoms. The van der Waals surface area contributed by atoms with Crippen molar-refractivity contribution < 1.29 is 19.7 Å². The van der Waals surface area contributed by atoms with E-state index in [1.165, 1.54) is 0 Å². The van der Waals surface area contributed by atoms with Gasteiger partial charge in [0.1, 0.15) is 0 Å². The molecule has 0 aliphatic carbocycles. The second-order valence-corrected chi connectivity index (χ2v) is 3.96. The maximum atomic E-state index is 10.4.